The molecule has 0 bridgehead atoms. The van der Waals surface area contributed by atoms with Crippen molar-refractivity contribution in [3.05, 3.63) is 12.2 Å². The largest absolute Gasteiger partial charge is 0.345 e. The van der Waals surface area contributed by atoms with Crippen LogP contribution in [0.3, 0.4) is 0 Å². The summed E-state index contributed by atoms with van der Waals surface area (Å²) in [6.07, 6.45) is 3.54. The third-order valence-electron chi connectivity index (χ3n) is 0.922. The quantitative estimate of drug-likeness (QED) is 0.208. The molecular weight excluding hydrogens is 132 g/mol. The predicted molar refractivity (Wildman–Crippen MR) is 38.4 cm³/mol. The van der Waals surface area contributed by atoms with Gasteiger partial charge in [0.1, 0.15) is 0 Å². The number of nitrogens with zero attached hydrogens (tertiary/aromatic N) is 1. The number of allylic oxidation sites excluding steroid dienone is 1. The van der Waals surface area contributed by atoms with E-state index < -0.39 is 6.03 Å². The summed E-state index contributed by atoms with van der Waals surface area (Å²) in [5, 5.41) is 0.972. The maximum absolute atomic E-state index is 10.5. The Morgan fingerprint density at radius 2 is 2.40 bits per heavy atom. The highest BCUT2D eigenvalue weighted by Gasteiger charge is 2.02. The Morgan fingerprint density at radius 1 is 1.80 bits per heavy atom. The first-order chi connectivity index (χ1) is 4.72. The molecule has 0 fully saturated rings. The average molecular weight is 144 g/mol. The minimum absolute atomic E-state index is 0.361. The minimum atomic E-state index is -0.502. The lowest BCUT2D eigenvalue weighted by molar-refractivity contribution is 0.204. The van der Waals surface area contributed by atoms with Crippen molar-refractivity contribution in [3.63, 3.8) is 0 Å². The molecule has 58 valence electrons. The zero-order chi connectivity index (χ0) is 7.98. The Hall–Kier alpha value is -1.07. The van der Waals surface area contributed by atoms with Crippen LogP contribution < -0.4 is 17.1 Å². The Labute approximate surface area is 59.6 Å². The molecule has 0 radical (unpaired) electrons. The summed E-state index contributed by atoms with van der Waals surface area (Å²) in [7, 11) is 0. The fourth-order valence-electron chi connectivity index (χ4n) is 0.385. The van der Waals surface area contributed by atoms with Crippen molar-refractivity contribution in [1.82, 2.24) is 10.4 Å². The number of hydrogen-bond donors (Lipinski definition) is 3. The highest BCUT2D eigenvalue weighted by atomic mass is 16.2. The van der Waals surface area contributed by atoms with Crippen LogP contribution in [0.25, 0.3) is 0 Å². The van der Waals surface area contributed by atoms with Gasteiger partial charge in [-0.2, -0.15) is 0 Å². The highest BCUT2D eigenvalue weighted by molar-refractivity contribution is 5.72. The lowest BCUT2D eigenvalue weighted by atomic mass is 10.5. The van der Waals surface area contributed by atoms with Crippen molar-refractivity contribution in [2.75, 3.05) is 6.54 Å². The number of hydrazine groups is 2. The molecule has 5 nitrogen and oxygen atoms in total. The first-order valence-corrected chi connectivity index (χ1v) is 2.86. The van der Waals surface area contributed by atoms with Crippen molar-refractivity contribution in [2.24, 2.45) is 11.7 Å². The van der Waals surface area contributed by atoms with E-state index >= 15 is 0 Å². The molecule has 0 aliphatic carbocycles. The summed E-state index contributed by atoms with van der Waals surface area (Å²) in [6, 6.07) is -0.502. The van der Waals surface area contributed by atoms with Crippen LogP contribution in [0, 0.1) is 0 Å². The number of nitrogens with one attached hydrogen (secondary N) is 1. The molecule has 0 saturated carbocycles. The van der Waals surface area contributed by atoms with E-state index in [4.69, 9.17) is 11.7 Å². The van der Waals surface area contributed by atoms with Gasteiger partial charge in [-0.25, -0.2) is 16.5 Å². The van der Waals surface area contributed by atoms with Gasteiger partial charge in [0, 0.05) is 0 Å². The van der Waals surface area contributed by atoms with Gasteiger partial charge in [0.15, 0.2) is 0 Å². The monoisotopic (exact) mass is 144 g/mol. The molecule has 0 aliphatic rings. The van der Waals surface area contributed by atoms with Gasteiger partial charge < -0.3 is 0 Å². The summed E-state index contributed by atoms with van der Waals surface area (Å²) < 4.78 is 0. The summed E-state index contributed by atoms with van der Waals surface area (Å²) in [5.41, 5.74) is 1.90. The zero-order valence-corrected chi connectivity index (χ0v) is 5.87. The fourth-order valence-corrected chi connectivity index (χ4v) is 0.385. The number of carbonyl (C=O) groups is 1. The van der Waals surface area contributed by atoms with Gasteiger partial charge in [-0.05, 0) is 6.92 Å². The van der Waals surface area contributed by atoms with Crippen LogP contribution in [-0.4, -0.2) is 17.6 Å². The van der Waals surface area contributed by atoms with Gasteiger partial charge in [-0.3, -0.25) is 10.4 Å². The molecule has 5 heteroatoms. The molecular formula is C5H12N4O. The van der Waals surface area contributed by atoms with E-state index in [0.29, 0.717) is 6.54 Å². The predicted octanol–water partition coefficient (Wildman–Crippen LogP) is -0.678. The smallest absolute Gasteiger partial charge is 0.275 e. The van der Waals surface area contributed by atoms with Gasteiger partial charge in [0.2, 0.25) is 0 Å². The molecule has 10 heavy (non-hydrogen) atoms. The summed E-state index contributed by atoms with van der Waals surface area (Å²) in [5.74, 6) is 10.0. The van der Waals surface area contributed by atoms with Gasteiger partial charge >= 0.3 is 6.03 Å². The van der Waals surface area contributed by atoms with E-state index in [2.05, 4.69) is 0 Å². The van der Waals surface area contributed by atoms with Crippen molar-refractivity contribution in [1.29, 1.82) is 0 Å². The van der Waals surface area contributed by atoms with Crippen molar-refractivity contribution in [3.8, 4) is 0 Å². The van der Waals surface area contributed by atoms with Gasteiger partial charge in [0.05, 0.1) is 6.54 Å². The van der Waals surface area contributed by atoms with E-state index in [1.54, 1.807) is 12.2 Å². The molecule has 0 saturated heterocycles. The molecule has 0 unspecified atom stereocenters. The number of hydrogen-bond acceptors (Lipinski definition) is 3. The average Bonchev–Trinajstić information content (AvgIpc) is 1.98. The van der Waals surface area contributed by atoms with E-state index in [1.165, 1.54) is 0 Å². The van der Waals surface area contributed by atoms with Gasteiger partial charge in [0.25, 0.3) is 0 Å². The molecule has 2 amide bonds. The SMILES string of the molecule is CC=CCN(N)C(=O)NN. The summed E-state index contributed by atoms with van der Waals surface area (Å²) >= 11 is 0. The van der Waals surface area contributed by atoms with Crippen LogP contribution in [0.5, 0.6) is 0 Å². The second kappa shape index (κ2) is 4.78. The third kappa shape index (κ3) is 3.06. The van der Waals surface area contributed by atoms with Crippen molar-refractivity contribution < 1.29 is 4.79 Å². The van der Waals surface area contributed by atoms with Gasteiger partial charge in [-0.1, -0.05) is 12.2 Å². The maximum Gasteiger partial charge on any atom is 0.345 e. The van der Waals surface area contributed by atoms with Crippen LogP contribution in [0.2, 0.25) is 0 Å². The lowest BCUT2D eigenvalue weighted by Crippen LogP contribution is -2.47. The second-order valence-electron chi connectivity index (χ2n) is 1.67. The van der Waals surface area contributed by atoms with E-state index in [0.717, 1.165) is 5.01 Å². The number of carbonyl (C=O) groups excluding carboxylic acids is 1. The van der Waals surface area contributed by atoms with E-state index in [-0.39, 0.29) is 0 Å². The minimum Gasteiger partial charge on any atom is -0.275 e. The van der Waals surface area contributed by atoms with Crippen LogP contribution in [-0.2, 0) is 0 Å². The normalized spacial score (nSPS) is 9.90. The molecule has 0 aromatic carbocycles. The highest BCUT2D eigenvalue weighted by Crippen LogP contribution is 1.78. The first kappa shape index (κ1) is 8.93. The third-order valence-corrected chi connectivity index (χ3v) is 0.922. The Balaban J connectivity index is 3.61. The van der Waals surface area contributed by atoms with Crippen molar-refractivity contribution in [2.45, 2.75) is 6.92 Å². The summed E-state index contributed by atoms with van der Waals surface area (Å²) in [4.78, 5) is 10.5. The Morgan fingerprint density at radius 3 is 2.80 bits per heavy atom. The standard InChI is InChI=1S/C5H12N4O/c1-2-3-4-9(7)5(10)8-6/h2-3H,4,6-7H2,1H3,(H,8,10). The number of rotatable bonds is 2. The van der Waals surface area contributed by atoms with Crippen molar-refractivity contribution >= 4 is 6.03 Å². The molecule has 0 heterocycles. The second-order valence-corrected chi connectivity index (χ2v) is 1.67. The fraction of sp³-hybridized carbons (Fsp3) is 0.400. The van der Waals surface area contributed by atoms with E-state index in [1.807, 2.05) is 12.3 Å². The lowest BCUT2D eigenvalue weighted by Gasteiger charge is -2.12. The Kier molecular flexibility index (Phi) is 4.26. The molecule has 0 aromatic rings. The zero-order valence-electron chi connectivity index (χ0n) is 5.87. The molecule has 0 spiro atoms. The van der Waals surface area contributed by atoms with Crippen LogP contribution in [0.15, 0.2) is 12.2 Å². The number of urea groups is 1. The summed E-state index contributed by atoms with van der Waals surface area (Å²) in [6.45, 7) is 2.20. The molecule has 0 aromatic heterocycles. The Bertz CT molecular complexity index is 134. The maximum atomic E-state index is 10.5. The molecule has 0 atom stereocenters. The van der Waals surface area contributed by atoms with Crippen LogP contribution >= 0.6 is 0 Å². The van der Waals surface area contributed by atoms with Gasteiger partial charge in [-0.15, -0.1) is 0 Å². The topological polar surface area (TPSA) is 84.4 Å². The molecule has 0 rings (SSSR count). The number of amides is 2. The van der Waals surface area contributed by atoms with Crippen LogP contribution in [0.4, 0.5) is 4.79 Å². The first-order valence-electron chi connectivity index (χ1n) is 2.86. The van der Waals surface area contributed by atoms with Crippen LogP contribution in [0.1, 0.15) is 6.92 Å². The number of nitrogens with two attached hydrogens (primary N) is 2. The molecule has 5 N–H and O–H groups in total. The van der Waals surface area contributed by atoms with E-state index in [9.17, 15) is 4.79 Å². The molecule has 0 aliphatic heterocycles.